The van der Waals surface area contributed by atoms with E-state index < -0.39 is 29.1 Å². The van der Waals surface area contributed by atoms with Gasteiger partial charge in [-0.3, -0.25) is 23.9 Å². The third-order valence-electron chi connectivity index (χ3n) is 10.8. The van der Waals surface area contributed by atoms with E-state index in [0.29, 0.717) is 73.7 Å². The van der Waals surface area contributed by atoms with Gasteiger partial charge in [0.15, 0.2) is 11.6 Å². The summed E-state index contributed by atoms with van der Waals surface area (Å²) in [4.78, 5) is 68.4. The van der Waals surface area contributed by atoms with E-state index >= 15 is 0 Å². The molecule has 0 radical (unpaired) electrons. The van der Waals surface area contributed by atoms with Crippen LogP contribution in [0.25, 0.3) is 22.0 Å². The number of carbonyl (C=O) groups is 4. The number of benzene rings is 1. The van der Waals surface area contributed by atoms with Gasteiger partial charge in [-0.1, -0.05) is 18.2 Å². The summed E-state index contributed by atoms with van der Waals surface area (Å²) < 4.78 is 42.1. The number of aromatic nitrogens is 5. The maximum absolute atomic E-state index is 14.5. The number of pyridine rings is 1. The summed E-state index contributed by atoms with van der Waals surface area (Å²) in [5, 5.41) is 5.24. The first-order valence-corrected chi connectivity index (χ1v) is 17.6. The van der Waals surface area contributed by atoms with Crippen molar-refractivity contribution in [1.29, 1.82) is 0 Å². The number of hydrogen-bond donors (Lipinski definition) is 0. The van der Waals surface area contributed by atoms with Gasteiger partial charge in [-0.25, -0.2) is 15.0 Å². The van der Waals surface area contributed by atoms with Crippen molar-refractivity contribution in [2.24, 2.45) is 5.41 Å². The van der Waals surface area contributed by atoms with E-state index in [0.717, 1.165) is 22.8 Å². The highest BCUT2D eigenvalue weighted by Crippen LogP contribution is 2.62. The highest BCUT2D eigenvalue weighted by molar-refractivity contribution is 6.07. The van der Waals surface area contributed by atoms with Crippen LogP contribution in [0, 0.1) is 19.3 Å². The molecule has 5 heterocycles. The highest BCUT2D eigenvalue weighted by Gasteiger charge is 2.66. The molecule has 0 unspecified atom stereocenters. The summed E-state index contributed by atoms with van der Waals surface area (Å²) in [6, 6.07) is 4.82. The van der Waals surface area contributed by atoms with Gasteiger partial charge in [-0.2, -0.15) is 18.3 Å². The molecule has 0 N–H and O–H groups in total. The Morgan fingerprint density at radius 2 is 1.77 bits per heavy atom. The lowest BCUT2D eigenvalue weighted by Crippen LogP contribution is -2.45. The smallest absolute Gasteiger partial charge is 0.327 e. The van der Waals surface area contributed by atoms with Gasteiger partial charge in [0.05, 0.1) is 23.7 Å². The van der Waals surface area contributed by atoms with E-state index in [-0.39, 0.29) is 47.9 Å². The van der Waals surface area contributed by atoms with Gasteiger partial charge < -0.3 is 4.90 Å². The zero-order valence-corrected chi connectivity index (χ0v) is 29.3. The zero-order chi connectivity index (χ0) is 36.9. The summed E-state index contributed by atoms with van der Waals surface area (Å²) in [6.45, 7) is 4.56. The van der Waals surface area contributed by atoms with Crippen LogP contribution in [0.3, 0.4) is 0 Å². The summed E-state index contributed by atoms with van der Waals surface area (Å²) in [6.07, 6.45) is 6.51. The topological polar surface area (TPSA) is 128 Å². The number of piperidine rings is 1. The summed E-state index contributed by atoms with van der Waals surface area (Å²) in [5.74, 6) is -0.321. The van der Waals surface area contributed by atoms with Crippen LogP contribution in [-0.4, -0.2) is 65.0 Å². The number of allylic oxidation sites excluding steroid dienone is 2. The van der Waals surface area contributed by atoms with Gasteiger partial charge in [-0.05, 0) is 92.7 Å². The number of ketones is 3. The predicted octanol–water partition coefficient (Wildman–Crippen LogP) is 6.53. The molecular formula is C39H39F3N6O4. The van der Waals surface area contributed by atoms with E-state index in [2.05, 4.69) is 20.1 Å². The fraction of sp³-hybridized carbons (Fsp3) is 0.436. The van der Waals surface area contributed by atoms with Crippen molar-refractivity contribution in [3.63, 3.8) is 0 Å². The Labute approximate surface area is 298 Å². The number of nitrogens with zero attached hydrogens (tertiary/aromatic N) is 6. The van der Waals surface area contributed by atoms with Gasteiger partial charge in [0.2, 0.25) is 5.91 Å². The van der Waals surface area contributed by atoms with Crippen molar-refractivity contribution in [3.8, 4) is 11.1 Å². The molecule has 0 spiro atoms. The van der Waals surface area contributed by atoms with E-state index in [1.54, 1.807) is 31.1 Å². The number of hydrogen-bond acceptors (Lipinski definition) is 8. The Bertz CT molecular complexity index is 2140. The number of Topliss-reactive ketones (excluding diaryl/α,β-unsaturated/α-hetero) is 3. The third kappa shape index (κ3) is 6.80. The number of amides is 1. The van der Waals surface area contributed by atoms with Crippen LogP contribution in [0.4, 0.5) is 13.2 Å². The van der Waals surface area contributed by atoms with E-state index in [9.17, 15) is 32.3 Å². The molecule has 1 saturated heterocycles. The molecule has 3 aliphatic rings. The van der Waals surface area contributed by atoms with E-state index in [4.69, 9.17) is 0 Å². The lowest BCUT2D eigenvalue weighted by Gasteiger charge is -2.27. The molecule has 2 fully saturated rings. The minimum atomic E-state index is -4.67. The third-order valence-corrected chi connectivity index (χ3v) is 10.8. The number of carbonyl (C=O) groups excluding carboxylic acids is 4. The van der Waals surface area contributed by atoms with Crippen molar-refractivity contribution in [1.82, 2.24) is 29.6 Å². The van der Waals surface area contributed by atoms with E-state index in [1.807, 2.05) is 24.3 Å². The quantitative estimate of drug-likeness (QED) is 0.169. The van der Waals surface area contributed by atoms with Crippen molar-refractivity contribution >= 4 is 34.2 Å². The fourth-order valence-electron chi connectivity index (χ4n) is 7.93. The molecule has 3 atom stereocenters. The molecule has 4 aromatic rings. The molecule has 1 aliphatic carbocycles. The molecule has 1 amide bonds. The zero-order valence-electron chi connectivity index (χ0n) is 29.3. The molecule has 10 nitrogen and oxygen atoms in total. The average molecular weight is 713 g/mol. The number of aryl methyl sites for hydroxylation is 2. The second-order valence-electron chi connectivity index (χ2n) is 14.4. The molecular weight excluding hydrogens is 673 g/mol. The maximum Gasteiger partial charge on any atom is 0.433 e. The van der Waals surface area contributed by atoms with Gasteiger partial charge >= 0.3 is 6.18 Å². The van der Waals surface area contributed by atoms with Crippen LogP contribution in [-0.2, 0) is 39.9 Å². The van der Waals surface area contributed by atoms with Crippen LogP contribution >= 0.6 is 0 Å². The maximum atomic E-state index is 14.5. The Kier molecular flexibility index (Phi) is 9.16. The monoisotopic (exact) mass is 712 g/mol. The normalized spacial score (nSPS) is 22.4. The van der Waals surface area contributed by atoms with Crippen molar-refractivity contribution in [3.05, 3.63) is 82.8 Å². The summed E-state index contributed by atoms with van der Waals surface area (Å²) >= 11 is 0. The predicted molar refractivity (Wildman–Crippen MR) is 185 cm³/mol. The van der Waals surface area contributed by atoms with Gasteiger partial charge in [0.1, 0.15) is 29.5 Å². The van der Waals surface area contributed by atoms with Crippen molar-refractivity contribution < 1.29 is 32.3 Å². The second kappa shape index (κ2) is 13.5. The molecule has 2 aliphatic heterocycles. The number of halogens is 3. The molecule has 270 valence electrons. The first kappa shape index (κ1) is 35.3. The Hall–Kier alpha value is -5.07. The van der Waals surface area contributed by atoms with Crippen LogP contribution < -0.4 is 0 Å². The lowest BCUT2D eigenvalue weighted by molar-refractivity contribution is -0.141. The number of alkyl halides is 3. The van der Waals surface area contributed by atoms with Crippen LogP contribution in [0.2, 0.25) is 0 Å². The van der Waals surface area contributed by atoms with Crippen molar-refractivity contribution in [2.75, 3.05) is 0 Å². The molecule has 1 aromatic carbocycles. The van der Waals surface area contributed by atoms with E-state index in [1.165, 1.54) is 17.7 Å². The molecule has 52 heavy (non-hydrogen) atoms. The van der Waals surface area contributed by atoms with Crippen LogP contribution in [0.15, 0.2) is 48.8 Å². The fourth-order valence-corrected chi connectivity index (χ4v) is 7.93. The molecule has 3 aromatic heterocycles. The first-order valence-electron chi connectivity index (χ1n) is 17.6. The van der Waals surface area contributed by atoms with Gasteiger partial charge in [0, 0.05) is 49.2 Å². The second-order valence-corrected chi connectivity index (χ2v) is 14.4. The van der Waals surface area contributed by atoms with Gasteiger partial charge in [0.25, 0.3) is 0 Å². The summed E-state index contributed by atoms with van der Waals surface area (Å²) in [7, 11) is 0. The summed E-state index contributed by atoms with van der Waals surface area (Å²) in [5.41, 5.74) is 2.13. The Balaban J connectivity index is 1.29. The van der Waals surface area contributed by atoms with Crippen molar-refractivity contribution in [2.45, 2.75) is 103 Å². The highest BCUT2D eigenvalue weighted by atomic mass is 19.4. The minimum absolute atomic E-state index is 0.0168. The Morgan fingerprint density at radius 3 is 2.50 bits per heavy atom. The Morgan fingerprint density at radius 1 is 1.00 bits per heavy atom. The molecule has 2 bridgehead atoms. The first-order chi connectivity index (χ1) is 24.7. The van der Waals surface area contributed by atoms with Crippen LogP contribution in [0.1, 0.15) is 90.7 Å². The molecule has 1 saturated carbocycles. The SMILES string of the molecule is CC(=O)c1nn2c3c(cc(-c4cnc(C)nc4)cc13)CC=CCCCC(=O)CC[C@@]13C[C@@H](C(=O)Cc4nc(C(F)(F)F)ccc4C)N(C(=O)C2)[C@@H]1C3. The average Bonchev–Trinajstić information content (AvgIpc) is 3.50. The molecule has 13 heteroatoms. The minimum Gasteiger partial charge on any atom is -0.327 e. The largest absolute Gasteiger partial charge is 0.433 e. The van der Waals surface area contributed by atoms with Gasteiger partial charge in [-0.15, -0.1) is 0 Å². The molecule has 7 rings (SSSR count). The van der Waals surface area contributed by atoms with Crippen LogP contribution in [0.5, 0.6) is 0 Å². The standard InChI is InChI=1S/C39H39F3N6O4/c1-22-10-11-33(39(40,41)42)45-30(22)16-32(51)31-17-38-13-12-28(50)9-7-5-4-6-8-25-14-26(27-19-43-24(3)44-20-27)15-29-36(23(2)49)46-47(37(25)29)21-35(52)48(31)34(38)18-38/h4,6,10-11,14-15,19-20,31,34H,5,7-9,12-13,16-18,21H2,1-3H3/t31-,34+,38-/m0/s1. The number of rotatable bonds is 5. The lowest BCUT2D eigenvalue weighted by atomic mass is 9.90.